The van der Waals surface area contributed by atoms with E-state index < -0.39 is 28.5 Å². The molecule has 1 atom stereocenters. The van der Waals surface area contributed by atoms with Crippen LogP contribution in [0.15, 0.2) is 77.8 Å². The summed E-state index contributed by atoms with van der Waals surface area (Å²) in [5, 5.41) is 3.20. The van der Waals surface area contributed by atoms with E-state index in [1.807, 2.05) is 48.5 Å². The number of amides is 2. The number of nitrogens with zero attached hydrogens (tertiary/aromatic N) is 3. The second-order valence-electron chi connectivity index (χ2n) is 9.88. The summed E-state index contributed by atoms with van der Waals surface area (Å²) >= 11 is 0. The van der Waals surface area contributed by atoms with Gasteiger partial charge in [-0.05, 0) is 65.6 Å². The molecule has 11 heteroatoms. The number of aromatic nitrogens is 1. The van der Waals surface area contributed by atoms with Crippen molar-refractivity contribution in [3.63, 3.8) is 0 Å². The first-order valence-corrected chi connectivity index (χ1v) is 14.4. The molecule has 0 spiro atoms. The third-order valence-electron chi connectivity index (χ3n) is 7.23. The Morgan fingerprint density at radius 1 is 0.925 bits per heavy atom. The highest BCUT2D eigenvalue weighted by atomic mass is 35.5. The molecule has 4 N–H and O–H groups in total. The normalized spacial score (nSPS) is 14.7. The van der Waals surface area contributed by atoms with Gasteiger partial charge in [0.2, 0.25) is 21.8 Å². The summed E-state index contributed by atoms with van der Waals surface area (Å²) in [7, 11) is -4.28. The first kappa shape index (κ1) is 29.3. The summed E-state index contributed by atoms with van der Waals surface area (Å²) in [5.41, 5.74) is 12.3. The van der Waals surface area contributed by atoms with E-state index in [0.717, 1.165) is 50.7 Å². The first-order valence-electron chi connectivity index (χ1n) is 12.9. The largest absolute Gasteiger partial charge is 0.383 e. The summed E-state index contributed by atoms with van der Waals surface area (Å²) in [6.45, 7) is 0.454. The van der Waals surface area contributed by atoms with E-state index in [2.05, 4.69) is 4.98 Å². The molecule has 1 aliphatic rings. The minimum absolute atomic E-state index is 0. The highest BCUT2D eigenvalue weighted by Gasteiger charge is 2.39. The number of fused-ring (bicyclic) bond motifs is 2. The van der Waals surface area contributed by atoms with E-state index in [0.29, 0.717) is 18.9 Å². The van der Waals surface area contributed by atoms with Crippen LogP contribution in [0.25, 0.3) is 21.5 Å². The Morgan fingerprint density at radius 3 is 2.38 bits per heavy atom. The average molecular weight is 582 g/mol. The molecule has 1 unspecified atom stereocenters. The SMILES string of the molecule is Cl.NC(=O)CN(C(Cc1ccc2c(N)nccc2c1)C(=O)N1CCCCC1)S(=O)(=O)c1ccc2ccccc2c1. The number of pyridine rings is 1. The predicted octanol–water partition coefficient (Wildman–Crippen LogP) is 3.49. The van der Waals surface area contributed by atoms with Crippen molar-refractivity contribution in [2.24, 2.45) is 5.73 Å². The number of nitrogen functional groups attached to an aromatic ring is 1. The summed E-state index contributed by atoms with van der Waals surface area (Å²) in [4.78, 5) is 32.0. The summed E-state index contributed by atoms with van der Waals surface area (Å²) in [5.74, 6) is -0.794. The fourth-order valence-electron chi connectivity index (χ4n) is 5.22. The van der Waals surface area contributed by atoms with Crippen LogP contribution in [0.2, 0.25) is 0 Å². The molecule has 3 aromatic carbocycles. The van der Waals surface area contributed by atoms with Gasteiger partial charge >= 0.3 is 0 Å². The van der Waals surface area contributed by atoms with E-state index in [1.54, 1.807) is 23.2 Å². The zero-order chi connectivity index (χ0) is 27.6. The fraction of sp³-hybridized carbons (Fsp3) is 0.276. The van der Waals surface area contributed by atoms with Gasteiger partial charge in [0.15, 0.2) is 0 Å². The quantitative estimate of drug-likeness (QED) is 0.326. The molecule has 0 saturated carbocycles. The molecule has 2 amide bonds. The molecule has 2 heterocycles. The predicted molar refractivity (Wildman–Crippen MR) is 158 cm³/mol. The molecular weight excluding hydrogens is 550 g/mol. The van der Waals surface area contributed by atoms with Gasteiger partial charge in [-0.2, -0.15) is 4.31 Å². The van der Waals surface area contributed by atoms with Gasteiger partial charge in [0.1, 0.15) is 11.9 Å². The van der Waals surface area contributed by atoms with Gasteiger partial charge < -0.3 is 16.4 Å². The molecule has 4 aromatic rings. The number of primary amides is 1. The van der Waals surface area contributed by atoms with Crippen molar-refractivity contribution >= 4 is 61.6 Å². The third kappa shape index (κ3) is 6.04. The zero-order valence-electron chi connectivity index (χ0n) is 21.9. The van der Waals surface area contributed by atoms with Gasteiger partial charge in [-0.15, -0.1) is 12.4 Å². The van der Waals surface area contributed by atoms with E-state index in [4.69, 9.17) is 11.5 Å². The van der Waals surface area contributed by atoms with Gasteiger partial charge in [0, 0.05) is 24.7 Å². The smallest absolute Gasteiger partial charge is 0.244 e. The Bertz CT molecular complexity index is 1660. The lowest BCUT2D eigenvalue weighted by Crippen LogP contribution is -2.54. The second-order valence-corrected chi connectivity index (χ2v) is 11.8. The van der Waals surface area contributed by atoms with Crippen LogP contribution in [0.4, 0.5) is 5.82 Å². The topological polar surface area (TPSA) is 140 Å². The Morgan fingerprint density at radius 2 is 1.65 bits per heavy atom. The van der Waals surface area contributed by atoms with E-state index >= 15 is 0 Å². The lowest BCUT2D eigenvalue weighted by Gasteiger charge is -2.35. The molecule has 9 nitrogen and oxygen atoms in total. The summed E-state index contributed by atoms with van der Waals surface area (Å²) < 4.78 is 29.2. The van der Waals surface area contributed by atoms with E-state index in [9.17, 15) is 18.0 Å². The fourth-order valence-corrected chi connectivity index (χ4v) is 6.80. The number of benzene rings is 3. The number of anilines is 1. The van der Waals surface area contributed by atoms with Crippen LogP contribution in [0.1, 0.15) is 24.8 Å². The van der Waals surface area contributed by atoms with Crippen LogP contribution in [0.5, 0.6) is 0 Å². The molecule has 210 valence electrons. The van der Waals surface area contributed by atoms with E-state index in [-0.39, 0.29) is 29.6 Å². The summed E-state index contributed by atoms with van der Waals surface area (Å²) in [6, 6.07) is 18.3. The van der Waals surface area contributed by atoms with Gasteiger partial charge in [-0.3, -0.25) is 9.59 Å². The minimum atomic E-state index is -4.28. The summed E-state index contributed by atoms with van der Waals surface area (Å²) in [6.07, 6.45) is 4.35. The molecule has 5 rings (SSSR count). The maximum absolute atomic E-state index is 14.1. The van der Waals surface area contributed by atoms with Crippen molar-refractivity contribution in [2.75, 3.05) is 25.4 Å². The number of hydrogen-bond acceptors (Lipinski definition) is 6. The van der Waals surface area contributed by atoms with Crippen LogP contribution in [-0.2, 0) is 26.0 Å². The Labute approximate surface area is 239 Å². The molecule has 1 saturated heterocycles. The van der Waals surface area contributed by atoms with Crippen molar-refractivity contribution in [2.45, 2.75) is 36.6 Å². The number of halogens is 1. The highest BCUT2D eigenvalue weighted by Crippen LogP contribution is 2.27. The molecule has 0 aliphatic carbocycles. The van der Waals surface area contributed by atoms with Gasteiger partial charge in [0.25, 0.3) is 0 Å². The molecule has 1 fully saturated rings. The highest BCUT2D eigenvalue weighted by molar-refractivity contribution is 7.89. The van der Waals surface area contributed by atoms with E-state index in [1.165, 1.54) is 6.07 Å². The molecule has 1 aliphatic heterocycles. The second kappa shape index (κ2) is 12.2. The number of likely N-dealkylation sites (tertiary alicyclic amines) is 1. The Balaban J connectivity index is 0.00000370. The van der Waals surface area contributed by atoms with Crippen LogP contribution in [0, 0.1) is 0 Å². The lowest BCUT2D eigenvalue weighted by atomic mass is 10.0. The third-order valence-corrected chi connectivity index (χ3v) is 9.08. The van der Waals surface area contributed by atoms with Crippen molar-refractivity contribution in [3.8, 4) is 0 Å². The maximum Gasteiger partial charge on any atom is 0.244 e. The maximum atomic E-state index is 14.1. The Kier molecular flexibility index (Phi) is 8.92. The average Bonchev–Trinajstić information content (AvgIpc) is 2.94. The molecule has 40 heavy (non-hydrogen) atoms. The minimum Gasteiger partial charge on any atom is -0.383 e. The van der Waals surface area contributed by atoms with Crippen molar-refractivity contribution in [1.82, 2.24) is 14.2 Å². The number of hydrogen-bond donors (Lipinski definition) is 2. The standard InChI is InChI=1S/C29H31N5O4S.ClH/c30-27(35)19-34(39(37,38)24-10-9-21-6-2-3-7-22(21)18-24)26(29(36)33-14-4-1-5-15-33)17-20-8-11-25-23(16-20)12-13-32-28(25)31;/h2-3,6-13,16,18,26H,1,4-5,14-15,17,19H2,(H2,30,35)(H2,31,32);1H. The van der Waals surface area contributed by atoms with Crippen LogP contribution in [0.3, 0.4) is 0 Å². The van der Waals surface area contributed by atoms with Crippen LogP contribution >= 0.6 is 12.4 Å². The zero-order valence-corrected chi connectivity index (χ0v) is 23.5. The molecule has 0 bridgehead atoms. The van der Waals surface area contributed by atoms with Gasteiger partial charge in [-0.25, -0.2) is 13.4 Å². The number of piperidine rings is 1. The number of nitrogens with two attached hydrogens (primary N) is 2. The van der Waals surface area contributed by atoms with Crippen LogP contribution in [-0.4, -0.2) is 60.1 Å². The first-order chi connectivity index (χ1) is 18.7. The van der Waals surface area contributed by atoms with Crippen molar-refractivity contribution in [1.29, 1.82) is 0 Å². The number of sulfonamides is 1. The van der Waals surface area contributed by atoms with Crippen LogP contribution < -0.4 is 11.5 Å². The van der Waals surface area contributed by atoms with Gasteiger partial charge in [-0.1, -0.05) is 48.5 Å². The lowest BCUT2D eigenvalue weighted by molar-refractivity contribution is -0.136. The monoisotopic (exact) mass is 581 g/mol. The molecular formula is C29H32ClN5O4S. The van der Waals surface area contributed by atoms with Gasteiger partial charge in [0.05, 0.1) is 11.4 Å². The number of carbonyl (C=O) groups excluding carboxylic acids is 2. The van der Waals surface area contributed by atoms with Crippen molar-refractivity contribution in [3.05, 3.63) is 78.5 Å². The number of rotatable bonds is 8. The van der Waals surface area contributed by atoms with Crippen molar-refractivity contribution < 1.29 is 18.0 Å². The molecule has 1 aromatic heterocycles. The number of carbonyl (C=O) groups is 2. The Hall–Kier alpha value is -3.73. The molecule has 0 radical (unpaired) electrons.